The lowest BCUT2D eigenvalue weighted by Crippen LogP contribution is -2.59. The Hall–Kier alpha value is -3.97. The molecule has 1 aliphatic rings. The number of H-pyrrole nitrogens is 1. The number of furan rings is 1. The van der Waals surface area contributed by atoms with E-state index in [0.29, 0.717) is 10.3 Å². The van der Waals surface area contributed by atoms with Crippen LogP contribution in [0.4, 0.5) is 32.2 Å². The van der Waals surface area contributed by atoms with E-state index in [1.165, 1.54) is 42.4 Å². The van der Waals surface area contributed by atoms with Gasteiger partial charge in [0.05, 0.1) is 19.1 Å². The normalized spacial score (nSPS) is 15.4. The highest BCUT2D eigenvalue weighted by Crippen LogP contribution is 2.55. The molecule has 3 heterocycles. The van der Waals surface area contributed by atoms with Crippen molar-refractivity contribution in [1.82, 2.24) is 9.55 Å². The molecule has 0 saturated carbocycles. The Morgan fingerprint density at radius 1 is 1.03 bits per heavy atom. The van der Waals surface area contributed by atoms with Gasteiger partial charge in [0, 0.05) is 0 Å². The topological polar surface area (TPSA) is 102 Å². The van der Waals surface area contributed by atoms with Crippen molar-refractivity contribution in [1.29, 1.82) is 0 Å². The Morgan fingerprint density at radius 3 is 2.18 bits per heavy atom. The average molecular weight is 474 g/mol. The molecule has 0 spiro atoms. The molecule has 1 aliphatic heterocycles. The zero-order chi connectivity index (χ0) is 24.2. The van der Waals surface area contributed by atoms with Crippen molar-refractivity contribution in [2.24, 2.45) is 4.99 Å². The minimum atomic E-state index is -6.12. The molecular formula is C19H12F6N4O4. The highest BCUT2D eigenvalue weighted by atomic mass is 19.4. The van der Waals surface area contributed by atoms with E-state index in [1.54, 1.807) is 0 Å². The van der Waals surface area contributed by atoms with Crippen LogP contribution in [0.5, 0.6) is 5.75 Å². The van der Waals surface area contributed by atoms with Crippen LogP contribution in [0.25, 0.3) is 5.69 Å². The number of benzene rings is 1. The molecular weight excluding hydrogens is 462 g/mol. The van der Waals surface area contributed by atoms with Crippen LogP contribution in [0, 0.1) is 0 Å². The number of amidine groups is 1. The summed E-state index contributed by atoms with van der Waals surface area (Å²) in [7, 11) is 1.33. The highest BCUT2D eigenvalue weighted by molar-refractivity contribution is 6.08. The smallest absolute Gasteiger partial charge is 0.427 e. The molecule has 3 aromatic rings. The van der Waals surface area contributed by atoms with Crippen molar-refractivity contribution >= 4 is 11.7 Å². The summed E-state index contributed by atoms with van der Waals surface area (Å²) in [5.41, 5.74) is -10.2. The Bertz CT molecular complexity index is 1320. The number of aliphatic imine (C=N–C) groups is 1. The molecule has 0 bridgehead atoms. The van der Waals surface area contributed by atoms with Gasteiger partial charge in [0.1, 0.15) is 17.1 Å². The van der Waals surface area contributed by atoms with Crippen LogP contribution in [0.3, 0.4) is 0 Å². The first-order valence-electron chi connectivity index (χ1n) is 8.99. The molecule has 0 amide bonds. The molecule has 2 N–H and O–H groups in total. The van der Waals surface area contributed by atoms with Crippen molar-refractivity contribution in [3.05, 3.63) is 74.8 Å². The highest BCUT2D eigenvalue weighted by Gasteiger charge is 2.75. The van der Waals surface area contributed by atoms with Gasteiger partial charge in [-0.3, -0.25) is 9.78 Å². The Balaban J connectivity index is 2.15. The van der Waals surface area contributed by atoms with Gasteiger partial charge in [0.25, 0.3) is 11.1 Å². The molecule has 14 heteroatoms. The maximum atomic E-state index is 14.2. The Kier molecular flexibility index (Phi) is 4.91. The van der Waals surface area contributed by atoms with Gasteiger partial charge in [-0.1, -0.05) is 0 Å². The molecule has 0 aliphatic carbocycles. The lowest BCUT2D eigenvalue weighted by molar-refractivity contribution is -0.301. The molecule has 0 saturated heterocycles. The van der Waals surface area contributed by atoms with Crippen molar-refractivity contribution in [2.75, 3.05) is 12.4 Å². The third-order valence-electron chi connectivity index (χ3n) is 4.89. The molecule has 0 unspecified atom stereocenters. The second-order valence-corrected chi connectivity index (χ2v) is 6.78. The van der Waals surface area contributed by atoms with Gasteiger partial charge in [-0.05, 0) is 36.4 Å². The summed E-state index contributed by atoms with van der Waals surface area (Å²) in [6.07, 6.45) is -11.2. The van der Waals surface area contributed by atoms with E-state index >= 15 is 0 Å². The van der Waals surface area contributed by atoms with Gasteiger partial charge < -0.3 is 14.5 Å². The van der Waals surface area contributed by atoms with Crippen LogP contribution >= 0.6 is 0 Å². The molecule has 1 aromatic carbocycles. The average Bonchev–Trinajstić information content (AvgIpc) is 3.26. The maximum absolute atomic E-state index is 14.2. The van der Waals surface area contributed by atoms with Crippen molar-refractivity contribution in [2.45, 2.75) is 17.9 Å². The fourth-order valence-electron chi connectivity index (χ4n) is 3.43. The Labute approximate surface area is 179 Å². The molecule has 2 aromatic heterocycles. The number of hydrogen-bond donors (Lipinski definition) is 2. The summed E-state index contributed by atoms with van der Waals surface area (Å²) in [6, 6.07) is 7.35. The Morgan fingerprint density at radius 2 is 1.67 bits per heavy atom. The van der Waals surface area contributed by atoms with E-state index in [1.807, 2.05) is 0 Å². The summed E-state index contributed by atoms with van der Waals surface area (Å²) in [5.74, 6) is -2.22. The number of halogens is 6. The number of methoxy groups -OCH3 is 1. The number of fused-ring (bicyclic) bond motifs is 1. The van der Waals surface area contributed by atoms with Gasteiger partial charge in [-0.2, -0.15) is 26.3 Å². The number of anilines is 1. The fraction of sp³-hybridized carbons (Fsp3) is 0.211. The number of nitrogens with zero attached hydrogens (tertiary/aromatic N) is 2. The second kappa shape index (κ2) is 7.28. The predicted octanol–water partition coefficient (Wildman–Crippen LogP) is 3.32. The molecule has 4 rings (SSSR count). The number of nitrogens with one attached hydrogen (secondary N) is 2. The van der Waals surface area contributed by atoms with Crippen LogP contribution < -0.4 is 21.3 Å². The first-order valence-corrected chi connectivity index (χ1v) is 8.99. The summed E-state index contributed by atoms with van der Waals surface area (Å²) in [5, 5.41) is 2.24. The first-order chi connectivity index (χ1) is 15.4. The van der Waals surface area contributed by atoms with Crippen LogP contribution in [0.1, 0.15) is 11.3 Å². The van der Waals surface area contributed by atoms with E-state index in [0.717, 1.165) is 12.3 Å². The minimum absolute atomic E-state index is 0.153. The van der Waals surface area contributed by atoms with Crippen LogP contribution in [0.15, 0.2) is 61.7 Å². The molecule has 0 atom stereocenters. The summed E-state index contributed by atoms with van der Waals surface area (Å²) in [4.78, 5) is 29.5. The van der Waals surface area contributed by atoms with E-state index in [4.69, 9.17) is 9.15 Å². The van der Waals surface area contributed by atoms with Gasteiger partial charge in [0.15, 0.2) is 11.6 Å². The number of hydrogen-bond acceptors (Lipinski definition) is 6. The molecule has 8 nitrogen and oxygen atoms in total. The third kappa shape index (κ3) is 3.29. The zero-order valence-corrected chi connectivity index (χ0v) is 16.3. The van der Waals surface area contributed by atoms with Crippen LogP contribution in [-0.4, -0.2) is 34.8 Å². The first kappa shape index (κ1) is 22.2. The van der Waals surface area contributed by atoms with Crippen molar-refractivity contribution < 1.29 is 35.5 Å². The largest absolute Gasteiger partial charge is 0.497 e. The minimum Gasteiger partial charge on any atom is -0.497 e. The lowest BCUT2D eigenvalue weighted by Gasteiger charge is -2.38. The van der Waals surface area contributed by atoms with Crippen LogP contribution in [-0.2, 0) is 5.54 Å². The van der Waals surface area contributed by atoms with Gasteiger partial charge >= 0.3 is 18.0 Å². The predicted molar refractivity (Wildman–Crippen MR) is 102 cm³/mol. The zero-order valence-electron chi connectivity index (χ0n) is 16.3. The SMILES string of the molecule is COc1ccc(-n2c3c(c(=O)[nH]c2=O)C(C(F)(F)F)(C(F)(F)F)N=C(c2ccco2)N3)cc1. The number of aromatic nitrogens is 2. The maximum Gasteiger partial charge on any atom is 0.427 e. The van der Waals surface area contributed by atoms with Crippen molar-refractivity contribution in [3.63, 3.8) is 0 Å². The molecule has 0 radical (unpaired) electrons. The summed E-state index contributed by atoms with van der Waals surface area (Å²) in [6.45, 7) is 0. The number of aromatic amines is 1. The fourth-order valence-corrected chi connectivity index (χ4v) is 3.43. The van der Waals surface area contributed by atoms with E-state index < -0.39 is 52.1 Å². The summed E-state index contributed by atoms with van der Waals surface area (Å²) < 4.78 is 95.3. The molecule has 174 valence electrons. The number of ether oxygens (including phenoxy) is 1. The van der Waals surface area contributed by atoms with Crippen LogP contribution in [0.2, 0.25) is 0 Å². The third-order valence-corrected chi connectivity index (χ3v) is 4.89. The quantitative estimate of drug-likeness (QED) is 0.568. The lowest BCUT2D eigenvalue weighted by atomic mass is 9.88. The van der Waals surface area contributed by atoms with Crippen molar-refractivity contribution in [3.8, 4) is 11.4 Å². The monoisotopic (exact) mass is 474 g/mol. The van der Waals surface area contributed by atoms with Gasteiger partial charge in [-0.25, -0.2) is 14.4 Å². The number of alkyl halides is 6. The van der Waals surface area contributed by atoms with Gasteiger partial charge in [0.2, 0.25) is 0 Å². The van der Waals surface area contributed by atoms with E-state index in [-0.39, 0.29) is 5.69 Å². The molecule has 0 fully saturated rings. The standard InChI is InChI=1S/C19H12F6N4O4/c1-32-10-6-4-9(5-7-10)29-14-12(15(30)27-16(29)31)17(18(20,21)22,19(23,24)25)28-13(26-14)11-3-2-8-33-11/h2-8H,1H3,(H,26,28)(H,27,30,31). The second-order valence-electron chi connectivity index (χ2n) is 6.78. The van der Waals surface area contributed by atoms with E-state index in [2.05, 4.69) is 10.3 Å². The van der Waals surface area contributed by atoms with E-state index in [9.17, 15) is 35.9 Å². The van der Waals surface area contributed by atoms with Gasteiger partial charge in [-0.15, -0.1) is 0 Å². The summed E-state index contributed by atoms with van der Waals surface area (Å²) >= 11 is 0. The molecule has 33 heavy (non-hydrogen) atoms. The number of rotatable bonds is 3.